The van der Waals surface area contributed by atoms with Crippen molar-refractivity contribution in [1.82, 2.24) is 5.32 Å². The molecule has 1 N–H and O–H groups in total. The Bertz CT molecular complexity index is 643. The van der Waals surface area contributed by atoms with Crippen LogP contribution in [0.15, 0.2) is 42.5 Å². The summed E-state index contributed by atoms with van der Waals surface area (Å²) in [6, 6.07) is 9.63. The van der Waals surface area contributed by atoms with E-state index in [2.05, 4.69) is 5.32 Å². The number of hydrogen-bond acceptors (Lipinski definition) is 1. The van der Waals surface area contributed by atoms with E-state index in [1.54, 1.807) is 19.1 Å². The molecule has 2 aromatic carbocycles. The van der Waals surface area contributed by atoms with Gasteiger partial charge >= 0.3 is 0 Å². The Balaban J connectivity index is 2.01. The van der Waals surface area contributed by atoms with E-state index in [1.165, 1.54) is 24.3 Å². The van der Waals surface area contributed by atoms with Crippen molar-refractivity contribution in [2.75, 3.05) is 0 Å². The average Bonchev–Trinajstić information content (AvgIpc) is 2.44. The largest absolute Gasteiger partial charge is 0.349 e. The van der Waals surface area contributed by atoms with Gasteiger partial charge in [0.2, 0.25) is 0 Å². The zero-order valence-electron chi connectivity index (χ0n) is 11.4. The molecule has 0 fully saturated rings. The van der Waals surface area contributed by atoms with Crippen molar-refractivity contribution in [1.29, 1.82) is 0 Å². The highest BCUT2D eigenvalue weighted by Gasteiger charge is 2.15. The number of benzene rings is 2. The molecular formula is C16H14ClF2NO. The van der Waals surface area contributed by atoms with Gasteiger partial charge in [0, 0.05) is 11.1 Å². The minimum atomic E-state index is -0.620. The second kappa shape index (κ2) is 6.68. The van der Waals surface area contributed by atoms with Crippen LogP contribution in [0.3, 0.4) is 0 Å². The van der Waals surface area contributed by atoms with Crippen LogP contribution in [0.4, 0.5) is 8.78 Å². The second-order valence-electron chi connectivity index (χ2n) is 4.83. The van der Waals surface area contributed by atoms with Gasteiger partial charge < -0.3 is 5.32 Å². The molecule has 1 amide bonds. The SMILES string of the molecule is CC(Cc1ccc(F)cc1)NC(=O)c1cc(Cl)ccc1F. The van der Waals surface area contributed by atoms with Gasteiger partial charge in [-0.05, 0) is 49.2 Å². The van der Waals surface area contributed by atoms with E-state index < -0.39 is 11.7 Å². The Kier molecular flexibility index (Phi) is 4.91. The van der Waals surface area contributed by atoms with E-state index >= 15 is 0 Å². The predicted octanol–water partition coefficient (Wildman–Crippen LogP) is 3.98. The van der Waals surface area contributed by atoms with Crippen LogP contribution < -0.4 is 5.32 Å². The van der Waals surface area contributed by atoms with Crippen molar-refractivity contribution in [3.8, 4) is 0 Å². The van der Waals surface area contributed by atoms with Crippen molar-refractivity contribution in [2.45, 2.75) is 19.4 Å². The van der Waals surface area contributed by atoms with Crippen LogP contribution >= 0.6 is 11.6 Å². The van der Waals surface area contributed by atoms with Gasteiger partial charge in [-0.25, -0.2) is 8.78 Å². The molecule has 0 bridgehead atoms. The standard InChI is InChI=1S/C16H14ClF2NO/c1-10(8-11-2-5-13(18)6-3-11)20-16(21)14-9-12(17)4-7-15(14)19/h2-7,9-10H,8H2,1H3,(H,20,21). The fourth-order valence-corrected chi connectivity index (χ4v) is 2.17. The third kappa shape index (κ3) is 4.26. The third-order valence-electron chi connectivity index (χ3n) is 3.01. The summed E-state index contributed by atoms with van der Waals surface area (Å²) in [7, 11) is 0. The molecule has 0 aromatic heterocycles. The van der Waals surface area contributed by atoms with E-state index in [4.69, 9.17) is 11.6 Å². The summed E-state index contributed by atoms with van der Waals surface area (Å²) < 4.78 is 26.4. The summed E-state index contributed by atoms with van der Waals surface area (Å²) in [4.78, 5) is 12.0. The fraction of sp³-hybridized carbons (Fsp3) is 0.188. The maximum atomic E-state index is 13.6. The molecule has 0 aliphatic heterocycles. The van der Waals surface area contributed by atoms with Crippen LogP contribution in [0, 0.1) is 11.6 Å². The second-order valence-corrected chi connectivity index (χ2v) is 5.27. The molecule has 2 nitrogen and oxygen atoms in total. The Labute approximate surface area is 126 Å². The highest BCUT2D eigenvalue weighted by Crippen LogP contribution is 2.15. The van der Waals surface area contributed by atoms with Gasteiger partial charge in [0.1, 0.15) is 11.6 Å². The molecule has 1 atom stereocenters. The maximum absolute atomic E-state index is 13.6. The Morgan fingerprint density at radius 3 is 2.52 bits per heavy atom. The van der Waals surface area contributed by atoms with Gasteiger partial charge in [0.25, 0.3) is 5.91 Å². The molecular weight excluding hydrogens is 296 g/mol. The lowest BCUT2D eigenvalue weighted by Gasteiger charge is -2.14. The van der Waals surface area contributed by atoms with Gasteiger partial charge in [-0.1, -0.05) is 23.7 Å². The number of amides is 1. The molecule has 1 unspecified atom stereocenters. The topological polar surface area (TPSA) is 29.1 Å². The van der Waals surface area contributed by atoms with Crippen LogP contribution in [-0.4, -0.2) is 11.9 Å². The number of hydrogen-bond donors (Lipinski definition) is 1. The molecule has 0 aliphatic carbocycles. The predicted molar refractivity (Wildman–Crippen MR) is 78.4 cm³/mol. The Hall–Kier alpha value is -1.94. The molecule has 0 spiro atoms. The average molecular weight is 310 g/mol. The van der Waals surface area contributed by atoms with Gasteiger partial charge in [0.05, 0.1) is 5.56 Å². The molecule has 0 radical (unpaired) electrons. The van der Waals surface area contributed by atoms with Gasteiger partial charge in [-0.15, -0.1) is 0 Å². The van der Waals surface area contributed by atoms with E-state index in [-0.39, 0.29) is 17.4 Å². The quantitative estimate of drug-likeness (QED) is 0.909. The number of nitrogens with one attached hydrogen (secondary N) is 1. The van der Waals surface area contributed by atoms with Crippen LogP contribution in [0.25, 0.3) is 0 Å². The molecule has 5 heteroatoms. The number of carbonyl (C=O) groups excluding carboxylic acids is 1. The molecule has 2 rings (SSSR count). The van der Waals surface area contributed by atoms with Crippen molar-refractivity contribution in [2.24, 2.45) is 0 Å². The van der Waals surface area contributed by atoms with E-state index in [0.717, 1.165) is 11.6 Å². The molecule has 2 aromatic rings. The first-order chi connectivity index (χ1) is 9.95. The molecule has 21 heavy (non-hydrogen) atoms. The highest BCUT2D eigenvalue weighted by molar-refractivity contribution is 6.31. The Morgan fingerprint density at radius 2 is 1.86 bits per heavy atom. The van der Waals surface area contributed by atoms with Crippen LogP contribution in [0.1, 0.15) is 22.8 Å². The van der Waals surface area contributed by atoms with Crippen molar-refractivity contribution in [3.05, 3.63) is 70.2 Å². The normalized spacial score (nSPS) is 12.0. The Morgan fingerprint density at radius 1 is 1.19 bits per heavy atom. The zero-order valence-corrected chi connectivity index (χ0v) is 12.1. The zero-order chi connectivity index (χ0) is 15.4. The molecule has 0 aliphatic rings. The lowest BCUT2D eigenvalue weighted by Crippen LogP contribution is -2.34. The summed E-state index contributed by atoms with van der Waals surface area (Å²) >= 11 is 5.76. The lowest BCUT2D eigenvalue weighted by molar-refractivity contribution is 0.0936. The van der Waals surface area contributed by atoms with E-state index in [0.29, 0.717) is 11.4 Å². The summed E-state index contributed by atoms with van der Waals surface area (Å²) in [6.07, 6.45) is 0.522. The smallest absolute Gasteiger partial charge is 0.254 e. The number of halogens is 3. The summed E-state index contributed by atoms with van der Waals surface area (Å²) in [5.41, 5.74) is 0.796. The minimum Gasteiger partial charge on any atom is -0.349 e. The van der Waals surface area contributed by atoms with Crippen LogP contribution in [-0.2, 0) is 6.42 Å². The number of carbonyl (C=O) groups is 1. The van der Waals surface area contributed by atoms with Gasteiger partial charge in [-0.3, -0.25) is 4.79 Å². The molecule has 110 valence electrons. The summed E-state index contributed by atoms with van der Waals surface area (Å²) in [5.74, 6) is -1.45. The third-order valence-corrected chi connectivity index (χ3v) is 3.24. The first-order valence-electron chi connectivity index (χ1n) is 6.46. The van der Waals surface area contributed by atoms with Crippen molar-refractivity contribution >= 4 is 17.5 Å². The maximum Gasteiger partial charge on any atom is 0.254 e. The summed E-state index contributed by atoms with van der Waals surface area (Å²) in [6.45, 7) is 1.80. The number of rotatable bonds is 4. The van der Waals surface area contributed by atoms with Gasteiger partial charge in [-0.2, -0.15) is 0 Å². The fourth-order valence-electron chi connectivity index (χ4n) is 2.00. The van der Waals surface area contributed by atoms with Crippen LogP contribution in [0.2, 0.25) is 5.02 Å². The van der Waals surface area contributed by atoms with Crippen LogP contribution in [0.5, 0.6) is 0 Å². The molecule has 0 heterocycles. The first kappa shape index (κ1) is 15.4. The lowest BCUT2D eigenvalue weighted by atomic mass is 10.1. The molecule has 0 saturated carbocycles. The monoisotopic (exact) mass is 309 g/mol. The minimum absolute atomic E-state index is 0.0894. The van der Waals surface area contributed by atoms with Crippen molar-refractivity contribution < 1.29 is 13.6 Å². The van der Waals surface area contributed by atoms with Gasteiger partial charge in [0.15, 0.2) is 0 Å². The summed E-state index contributed by atoms with van der Waals surface area (Å²) in [5, 5.41) is 2.99. The van der Waals surface area contributed by atoms with E-state index in [1.807, 2.05) is 0 Å². The highest BCUT2D eigenvalue weighted by atomic mass is 35.5. The first-order valence-corrected chi connectivity index (χ1v) is 6.84. The van der Waals surface area contributed by atoms with E-state index in [9.17, 15) is 13.6 Å². The van der Waals surface area contributed by atoms with Crippen molar-refractivity contribution in [3.63, 3.8) is 0 Å². The molecule has 0 saturated heterocycles.